The Morgan fingerprint density at radius 2 is 1.90 bits per heavy atom. The molecule has 1 fully saturated rings. The second kappa shape index (κ2) is 5.08. The van der Waals surface area contributed by atoms with Crippen LogP contribution in [0.25, 0.3) is 0 Å². The molecule has 110 valence electrons. The number of nitrogens with one attached hydrogen (secondary N) is 2. The molecule has 0 unspecified atom stereocenters. The van der Waals surface area contributed by atoms with Gasteiger partial charge in [-0.1, -0.05) is 5.16 Å². The highest BCUT2D eigenvalue weighted by Crippen LogP contribution is 2.40. The number of rotatable bonds is 3. The van der Waals surface area contributed by atoms with Crippen molar-refractivity contribution in [1.82, 2.24) is 16.0 Å². The average molecular weight is 289 g/mol. The molecule has 2 amide bonds. The average Bonchev–Trinajstić information content (AvgIpc) is 3.08. The lowest BCUT2D eigenvalue weighted by Gasteiger charge is -2.04. The molecule has 2 aromatic rings. The zero-order valence-electron chi connectivity index (χ0n) is 11.7. The number of furan rings is 1. The molecule has 0 radical (unpaired) electrons. The van der Waals surface area contributed by atoms with Crippen LogP contribution >= 0.6 is 0 Å². The topological polar surface area (TPSA) is 97.4 Å². The van der Waals surface area contributed by atoms with E-state index in [4.69, 9.17) is 8.94 Å². The summed E-state index contributed by atoms with van der Waals surface area (Å²) in [6.45, 7) is 3.43. The van der Waals surface area contributed by atoms with E-state index in [1.165, 1.54) is 0 Å². The molecule has 0 atom stereocenters. The van der Waals surface area contributed by atoms with Crippen LogP contribution in [-0.4, -0.2) is 17.0 Å². The van der Waals surface area contributed by atoms with E-state index in [1.807, 2.05) is 0 Å². The Bertz CT molecular complexity index is 697. The summed E-state index contributed by atoms with van der Waals surface area (Å²) in [7, 11) is 0. The molecule has 2 heterocycles. The number of amides is 2. The summed E-state index contributed by atoms with van der Waals surface area (Å²) in [6, 6.07) is 3.21. The molecule has 0 aliphatic heterocycles. The monoisotopic (exact) mass is 289 g/mol. The lowest BCUT2D eigenvalue weighted by atomic mass is 10.2. The van der Waals surface area contributed by atoms with Gasteiger partial charge in [-0.2, -0.15) is 0 Å². The predicted molar refractivity (Wildman–Crippen MR) is 71.6 cm³/mol. The van der Waals surface area contributed by atoms with Crippen molar-refractivity contribution in [3.63, 3.8) is 0 Å². The number of aryl methyl sites for hydroxylation is 2. The highest BCUT2D eigenvalue weighted by atomic mass is 16.5. The Labute approximate surface area is 120 Å². The second-order valence-electron chi connectivity index (χ2n) is 5.12. The second-order valence-corrected chi connectivity index (χ2v) is 5.12. The molecule has 2 aromatic heterocycles. The summed E-state index contributed by atoms with van der Waals surface area (Å²) in [4.78, 5) is 23.8. The Hall–Kier alpha value is -2.57. The van der Waals surface area contributed by atoms with Gasteiger partial charge in [0.25, 0.3) is 11.8 Å². The van der Waals surface area contributed by atoms with Crippen LogP contribution in [0.4, 0.5) is 0 Å². The highest BCUT2D eigenvalue weighted by molar-refractivity contribution is 5.98. The Balaban J connectivity index is 1.59. The number of carbonyl (C=O) groups excluding carboxylic acids is 2. The fourth-order valence-corrected chi connectivity index (χ4v) is 2.06. The van der Waals surface area contributed by atoms with E-state index < -0.39 is 11.8 Å². The minimum absolute atomic E-state index is 0.150. The molecule has 0 bridgehead atoms. The first-order valence-corrected chi connectivity index (χ1v) is 6.69. The van der Waals surface area contributed by atoms with Gasteiger partial charge < -0.3 is 8.94 Å². The number of nitrogens with zero attached hydrogens (tertiary/aromatic N) is 1. The molecule has 1 saturated carbocycles. The maximum atomic E-state index is 11.9. The third-order valence-electron chi connectivity index (χ3n) is 3.32. The van der Waals surface area contributed by atoms with Gasteiger partial charge in [0.1, 0.15) is 17.3 Å². The van der Waals surface area contributed by atoms with Crippen molar-refractivity contribution in [3.05, 3.63) is 40.7 Å². The molecule has 1 aliphatic carbocycles. The Morgan fingerprint density at radius 1 is 1.19 bits per heavy atom. The van der Waals surface area contributed by atoms with Crippen molar-refractivity contribution in [1.29, 1.82) is 0 Å². The summed E-state index contributed by atoms with van der Waals surface area (Å²) in [5.74, 6) is 1.27. The summed E-state index contributed by atoms with van der Waals surface area (Å²) < 4.78 is 10.3. The van der Waals surface area contributed by atoms with E-state index in [0.29, 0.717) is 28.8 Å². The van der Waals surface area contributed by atoms with Crippen LogP contribution < -0.4 is 10.9 Å². The van der Waals surface area contributed by atoms with Crippen LogP contribution in [0.2, 0.25) is 0 Å². The van der Waals surface area contributed by atoms with Crippen LogP contribution in [-0.2, 0) is 0 Å². The predicted octanol–water partition coefficient (Wildman–Crippen LogP) is 1.84. The van der Waals surface area contributed by atoms with E-state index in [9.17, 15) is 9.59 Å². The van der Waals surface area contributed by atoms with Crippen molar-refractivity contribution >= 4 is 11.8 Å². The van der Waals surface area contributed by atoms with Crippen molar-refractivity contribution < 1.29 is 18.5 Å². The van der Waals surface area contributed by atoms with Crippen molar-refractivity contribution in [2.45, 2.75) is 32.6 Å². The summed E-state index contributed by atoms with van der Waals surface area (Å²) in [5, 5.41) is 3.69. The lowest BCUT2D eigenvalue weighted by molar-refractivity contribution is 0.0840. The van der Waals surface area contributed by atoms with Gasteiger partial charge in [0.2, 0.25) is 0 Å². The molecule has 3 rings (SSSR count). The summed E-state index contributed by atoms with van der Waals surface area (Å²) in [6.07, 6.45) is 2.12. The van der Waals surface area contributed by atoms with Crippen LogP contribution in [0.3, 0.4) is 0 Å². The molecule has 0 spiro atoms. The number of hydrogen-bond donors (Lipinski definition) is 2. The van der Waals surface area contributed by atoms with Crippen LogP contribution in [0.5, 0.6) is 0 Å². The quantitative estimate of drug-likeness (QED) is 0.840. The minimum atomic E-state index is -0.517. The molecular formula is C14H15N3O4. The van der Waals surface area contributed by atoms with Gasteiger partial charge in [0.05, 0.1) is 5.56 Å². The first-order valence-electron chi connectivity index (χ1n) is 6.69. The van der Waals surface area contributed by atoms with E-state index in [-0.39, 0.29) is 5.69 Å². The van der Waals surface area contributed by atoms with Crippen LogP contribution in [0.15, 0.2) is 21.1 Å². The molecule has 2 N–H and O–H groups in total. The zero-order valence-corrected chi connectivity index (χ0v) is 11.7. The van der Waals surface area contributed by atoms with E-state index in [1.54, 1.807) is 26.0 Å². The number of carbonyl (C=O) groups is 2. The van der Waals surface area contributed by atoms with Crippen molar-refractivity contribution in [2.24, 2.45) is 0 Å². The van der Waals surface area contributed by atoms with Gasteiger partial charge in [-0.05, 0) is 32.8 Å². The first kappa shape index (κ1) is 13.4. The largest absolute Gasteiger partial charge is 0.466 e. The molecule has 21 heavy (non-hydrogen) atoms. The van der Waals surface area contributed by atoms with Gasteiger partial charge in [0, 0.05) is 12.0 Å². The lowest BCUT2D eigenvalue weighted by Crippen LogP contribution is -2.41. The van der Waals surface area contributed by atoms with Crippen molar-refractivity contribution in [2.75, 3.05) is 0 Å². The zero-order chi connectivity index (χ0) is 15.0. The van der Waals surface area contributed by atoms with Gasteiger partial charge in [-0.25, -0.2) is 0 Å². The molecule has 0 aromatic carbocycles. The van der Waals surface area contributed by atoms with Crippen LogP contribution in [0.1, 0.15) is 56.9 Å². The fraction of sp³-hybridized carbons (Fsp3) is 0.357. The smallest absolute Gasteiger partial charge is 0.291 e. The van der Waals surface area contributed by atoms with Gasteiger partial charge in [0.15, 0.2) is 5.69 Å². The summed E-state index contributed by atoms with van der Waals surface area (Å²) in [5.41, 5.74) is 5.16. The molecular weight excluding hydrogens is 274 g/mol. The third kappa shape index (κ3) is 2.81. The maximum absolute atomic E-state index is 11.9. The Morgan fingerprint density at radius 3 is 2.52 bits per heavy atom. The molecule has 7 heteroatoms. The number of hydrogen-bond acceptors (Lipinski definition) is 5. The van der Waals surface area contributed by atoms with Gasteiger partial charge in [-0.15, -0.1) is 0 Å². The number of aromatic nitrogens is 1. The third-order valence-corrected chi connectivity index (χ3v) is 3.32. The van der Waals surface area contributed by atoms with E-state index >= 15 is 0 Å². The van der Waals surface area contributed by atoms with E-state index in [0.717, 1.165) is 12.8 Å². The molecule has 1 aliphatic rings. The number of hydrazine groups is 1. The van der Waals surface area contributed by atoms with E-state index in [2.05, 4.69) is 16.0 Å². The normalized spacial score (nSPS) is 14.0. The van der Waals surface area contributed by atoms with Gasteiger partial charge >= 0.3 is 0 Å². The fourth-order valence-electron chi connectivity index (χ4n) is 2.06. The van der Waals surface area contributed by atoms with Gasteiger partial charge in [-0.3, -0.25) is 20.4 Å². The Kier molecular flexibility index (Phi) is 3.25. The van der Waals surface area contributed by atoms with Crippen molar-refractivity contribution in [3.8, 4) is 0 Å². The summed E-state index contributed by atoms with van der Waals surface area (Å²) >= 11 is 0. The first-order chi connectivity index (χ1) is 10.0. The standard InChI is InChI=1S/C14H15N3O4/c1-7-5-10(8(2)20-7)13(18)15-16-14(19)11-6-12(21-17-11)9-3-4-9/h5-6,9H,3-4H2,1-2H3,(H,15,18)(H,16,19). The highest BCUT2D eigenvalue weighted by Gasteiger charge is 2.29. The SMILES string of the molecule is Cc1cc(C(=O)NNC(=O)c2cc(C3CC3)on2)c(C)o1. The minimum Gasteiger partial charge on any atom is -0.466 e. The van der Waals surface area contributed by atoms with Crippen LogP contribution in [0, 0.1) is 13.8 Å². The maximum Gasteiger partial charge on any atom is 0.291 e. The molecule has 7 nitrogen and oxygen atoms in total. The molecule has 0 saturated heterocycles.